The van der Waals surface area contributed by atoms with Crippen molar-refractivity contribution in [1.82, 2.24) is 0 Å². The standard InChI is InChI=1S/C30H43NO3/c1-31(2)23-9-5-21(6-10-23)28-18-27-20(4-3-15-32)7-11-25(27)26-12-8-22-19-30(33-16-17-34-30)14-13-24(22)29(26)28/h5-6,9-10,20,22,25-28,32H,3-4,7-8,11-19H2,1-2H3. The van der Waals surface area contributed by atoms with Crippen LogP contribution >= 0.6 is 0 Å². The van der Waals surface area contributed by atoms with Crippen molar-refractivity contribution in [2.75, 3.05) is 38.8 Å². The number of fused-ring (bicyclic) bond motifs is 4. The van der Waals surface area contributed by atoms with Crippen LogP contribution in [0.4, 0.5) is 5.69 Å². The van der Waals surface area contributed by atoms with Crippen LogP contribution in [0.3, 0.4) is 0 Å². The molecule has 6 unspecified atom stereocenters. The SMILES string of the molecule is CN(C)c1ccc(C2CC3C(CCCO)CCC3C3CCC4CC5(CCC4=C23)OCCO5)cc1. The van der Waals surface area contributed by atoms with Gasteiger partial charge in [-0.2, -0.15) is 0 Å². The zero-order valence-corrected chi connectivity index (χ0v) is 21.2. The van der Waals surface area contributed by atoms with Crippen LogP contribution in [0, 0.1) is 29.6 Å². The van der Waals surface area contributed by atoms with E-state index in [1.54, 1.807) is 5.57 Å². The summed E-state index contributed by atoms with van der Waals surface area (Å²) in [5.41, 5.74) is 6.44. The lowest BCUT2D eigenvalue weighted by atomic mass is 9.55. The molecule has 0 radical (unpaired) electrons. The zero-order chi connectivity index (χ0) is 23.3. The number of anilines is 1. The minimum absolute atomic E-state index is 0.287. The summed E-state index contributed by atoms with van der Waals surface area (Å²) in [7, 11) is 4.25. The predicted octanol–water partition coefficient (Wildman–Crippen LogP) is 5.90. The molecule has 1 aromatic carbocycles. The number of rotatable bonds is 5. The number of aliphatic hydroxyl groups excluding tert-OH is 1. The molecule has 186 valence electrons. The van der Waals surface area contributed by atoms with Gasteiger partial charge in [-0.15, -0.1) is 0 Å². The van der Waals surface area contributed by atoms with E-state index in [4.69, 9.17) is 9.47 Å². The molecule has 6 rings (SSSR count). The smallest absolute Gasteiger partial charge is 0.169 e. The lowest BCUT2D eigenvalue weighted by Crippen LogP contribution is -2.43. The first-order valence-corrected chi connectivity index (χ1v) is 14.0. The molecular formula is C30H43NO3. The highest BCUT2D eigenvalue weighted by Gasteiger charge is 2.52. The Balaban J connectivity index is 1.36. The molecule has 1 spiro atoms. The van der Waals surface area contributed by atoms with Crippen molar-refractivity contribution in [3.8, 4) is 0 Å². The van der Waals surface area contributed by atoms with E-state index in [9.17, 15) is 5.11 Å². The Labute approximate surface area is 205 Å². The minimum Gasteiger partial charge on any atom is -0.396 e. The van der Waals surface area contributed by atoms with Gasteiger partial charge in [0, 0.05) is 45.1 Å². The van der Waals surface area contributed by atoms with Crippen molar-refractivity contribution in [2.45, 2.75) is 75.9 Å². The van der Waals surface area contributed by atoms with Gasteiger partial charge in [0.1, 0.15) is 0 Å². The summed E-state index contributed by atoms with van der Waals surface area (Å²) in [6, 6.07) is 9.46. The van der Waals surface area contributed by atoms with Crippen molar-refractivity contribution < 1.29 is 14.6 Å². The van der Waals surface area contributed by atoms with Gasteiger partial charge in [-0.05, 0) is 98.7 Å². The van der Waals surface area contributed by atoms with Gasteiger partial charge in [-0.3, -0.25) is 0 Å². The van der Waals surface area contributed by atoms with Gasteiger partial charge in [0.05, 0.1) is 13.2 Å². The quantitative estimate of drug-likeness (QED) is 0.550. The van der Waals surface area contributed by atoms with E-state index in [0.717, 1.165) is 62.6 Å². The summed E-state index contributed by atoms with van der Waals surface area (Å²) in [5, 5.41) is 9.50. The number of benzene rings is 1. The molecule has 0 amide bonds. The molecule has 0 aromatic heterocycles. The second kappa shape index (κ2) is 9.26. The molecular weight excluding hydrogens is 422 g/mol. The number of aliphatic hydroxyl groups is 1. The van der Waals surface area contributed by atoms with Crippen molar-refractivity contribution in [3.05, 3.63) is 41.0 Å². The molecule has 1 aliphatic heterocycles. The van der Waals surface area contributed by atoms with Crippen LogP contribution in [-0.2, 0) is 9.47 Å². The Morgan fingerprint density at radius 2 is 1.79 bits per heavy atom. The first-order chi connectivity index (χ1) is 16.6. The molecule has 4 aliphatic carbocycles. The van der Waals surface area contributed by atoms with Crippen LogP contribution < -0.4 is 4.90 Å². The normalized spacial score (nSPS) is 36.3. The van der Waals surface area contributed by atoms with E-state index < -0.39 is 0 Å². The lowest BCUT2D eigenvalue weighted by molar-refractivity contribution is -0.181. The van der Waals surface area contributed by atoms with Crippen molar-refractivity contribution in [3.63, 3.8) is 0 Å². The van der Waals surface area contributed by atoms with Crippen LogP contribution in [0.15, 0.2) is 35.4 Å². The number of ether oxygens (including phenoxy) is 2. The summed E-state index contributed by atoms with van der Waals surface area (Å²) >= 11 is 0. The maximum atomic E-state index is 9.50. The maximum Gasteiger partial charge on any atom is 0.169 e. The van der Waals surface area contributed by atoms with Crippen LogP contribution in [0.2, 0.25) is 0 Å². The van der Waals surface area contributed by atoms with Gasteiger partial charge >= 0.3 is 0 Å². The first-order valence-electron chi connectivity index (χ1n) is 14.0. The third kappa shape index (κ3) is 3.94. The highest BCUT2D eigenvalue weighted by Crippen LogP contribution is 2.62. The Hall–Kier alpha value is -1.36. The average Bonchev–Trinajstić information content (AvgIpc) is 3.48. The van der Waals surface area contributed by atoms with E-state index in [1.165, 1.54) is 49.8 Å². The summed E-state index contributed by atoms with van der Waals surface area (Å²) in [5.74, 6) is 4.18. The molecule has 0 bridgehead atoms. The predicted molar refractivity (Wildman–Crippen MR) is 136 cm³/mol. The van der Waals surface area contributed by atoms with Crippen molar-refractivity contribution in [2.24, 2.45) is 29.6 Å². The monoisotopic (exact) mass is 465 g/mol. The van der Waals surface area contributed by atoms with Gasteiger partial charge in [-0.25, -0.2) is 0 Å². The molecule has 4 heteroatoms. The molecule has 4 fully saturated rings. The fourth-order valence-electron chi connectivity index (χ4n) is 8.73. The number of nitrogens with zero attached hydrogens (tertiary/aromatic N) is 1. The summed E-state index contributed by atoms with van der Waals surface area (Å²) in [6.07, 6.45) is 12.2. The van der Waals surface area contributed by atoms with Crippen LogP contribution in [-0.4, -0.2) is 44.8 Å². The molecule has 5 aliphatic rings. The average molecular weight is 466 g/mol. The Kier molecular flexibility index (Phi) is 6.28. The molecule has 34 heavy (non-hydrogen) atoms. The van der Waals surface area contributed by atoms with E-state index in [0.29, 0.717) is 18.4 Å². The van der Waals surface area contributed by atoms with Gasteiger partial charge < -0.3 is 19.5 Å². The highest BCUT2D eigenvalue weighted by atomic mass is 16.7. The Morgan fingerprint density at radius 1 is 1.00 bits per heavy atom. The maximum absolute atomic E-state index is 9.50. The summed E-state index contributed by atoms with van der Waals surface area (Å²) < 4.78 is 12.3. The Bertz CT molecular complexity index is 900. The molecule has 1 aromatic rings. The number of hydrogen-bond donors (Lipinski definition) is 1. The van der Waals surface area contributed by atoms with Gasteiger partial charge in [0.2, 0.25) is 0 Å². The topological polar surface area (TPSA) is 41.9 Å². The Morgan fingerprint density at radius 3 is 2.53 bits per heavy atom. The van der Waals surface area contributed by atoms with Gasteiger partial charge in [-0.1, -0.05) is 23.3 Å². The van der Waals surface area contributed by atoms with E-state index in [2.05, 4.69) is 43.3 Å². The van der Waals surface area contributed by atoms with Crippen molar-refractivity contribution >= 4 is 5.69 Å². The molecule has 4 nitrogen and oxygen atoms in total. The van der Waals surface area contributed by atoms with Crippen LogP contribution in [0.5, 0.6) is 0 Å². The first kappa shape index (κ1) is 23.1. The fraction of sp³-hybridized carbons (Fsp3) is 0.733. The fourth-order valence-corrected chi connectivity index (χ4v) is 8.73. The lowest BCUT2D eigenvalue weighted by Gasteiger charge is -2.50. The van der Waals surface area contributed by atoms with Gasteiger partial charge in [0.25, 0.3) is 0 Å². The highest BCUT2D eigenvalue weighted by molar-refractivity contribution is 5.49. The summed E-state index contributed by atoms with van der Waals surface area (Å²) in [4.78, 5) is 2.20. The van der Waals surface area contributed by atoms with E-state index in [1.807, 2.05) is 5.57 Å². The zero-order valence-electron chi connectivity index (χ0n) is 21.2. The molecule has 1 N–H and O–H groups in total. The van der Waals surface area contributed by atoms with Gasteiger partial charge in [0.15, 0.2) is 5.79 Å². The third-order valence-electron chi connectivity index (χ3n) is 10.2. The molecule has 6 atom stereocenters. The van der Waals surface area contributed by atoms with Crippen LogP contribution in [0.25, 0.3) is 0 Å². The van der Waals surface area contributed by atoms with Crippen LogP contribution in [0.1, 0.15) is 75.7 Å². The second-order valence-corrected chi connectivity index (χ2v) is 12.0. The number of hydrogen-bond acceptors (Lipinski definition) is 4. The second-order valence-electron chi connectivity index (χ2n) is 12.0. The van der Waals surface area contributed by atoms with Crippen molar-refractivity contribution in [1.29, 1.82) is 0 Å². The molecule has 1 heterocycles. The summed E-state index contributed by atoms with van der Waals surface area (Å²) in [6.45, 7) is 1.87. The minimum atomic E-state index is -0.287. The molecule has 1 saturated heterocycles. The number of allylic oxidation sites excluding steroid dienone is 2. The largest absolute Gasteiger partial charge is 0.396 e. The molecule has 3 saturated carbocycles. The third-order valence-corrected chi connectivity index (χ3v) is 10.2. The van der Waals surface area contributed by atoms with E-state index in [-0.39, 0.29) is 5.79 Å². The van der Waals surface area contributed by atoms with E-state index >= 15 is 0 Å².